The Bertz CT molecular complexity index is 1750. The van der Waals surface area contributed by atoms with Crippen LogP contribution in [0.3, 0.4) is 0 Å². The zero-order valence-corrected chi connectivity index (χ0v) is 26.3. The quantitative estimate of drug-likeness (QED) is 0.145. The molecule has 0 radical (unpaired) electrons. The molecule has 43 heavy (non-hydrogen) atoms. The minimum absolute atomic E-state index is 0.413. The summed E-state index contributed by atoms with van der Waals surface area (Å²) in [6.07, 6.45) is 3.59. The molecule has 226 valence electrons. The van der Waals surface area contributed by atoms with Gasteiger partial charge in [-0.3, -0.25) is 4.68 Å². The molecule has 8 heteroatoms. The lowest BCUT2D eigenvalue weighted by Crippen LogP contribution is -2.19. The van der Waals surface area contributed by atoms with Crippen LogP contribution >= 0.6 is 11.6 Å². The van der Waals surface area contributed by atoms with Crippen molar-refractivity contribution in [1.29, 1.82) is 0 Å². The van der Waals surface area contributed by atoms with E-state index in [0.717, 1.165) is 101 Å². The minimum atomic E-state index is -1.04. The fraction of sp³-hybridized carbons (Fsp3) is 0.400. The number of rotatable bonds is 8. The van der Waals surface area contributed by atoms with Gasteiger partial charge in [0.1, 0.15) is 5.75 Å². The number of hydrogen-bond donors (Lipinski definition) is 1. The van der Waals surface area contributed by atoms with E-state index in [2.05, 4.69) is 47.7 Å². The van der Waals surface area contributed by atoms with Crippen molar-refractivity contribution >= 4 is 39.1 Å². The Morgan fingerprint density at radius 3 is 2.58 bits per heavy atom. The fourth-order valence-corrected chi connectivity index (χ4v) is 6.82. The van der Waals surface area contributed by atoms with Crippen LogP contribution in [0.2, 0.25) is 5.02 Å². The Balaban J connectivity index is 1.46. The van der Waals surface area contributed by atoms with Gasteiger partial charge in [0.2, 0.25) is 0 Å². The molecule has 0 saturated carbocycles. The predicted octanol–water partition coefficient (Wildman–Crippen LogP) is 7.82. The fourth-order valence-electron chi connectivity index (χ4n) is 6.57. The molecule has 1 unspecified atom stereocenters. The Labute approximate surface area is 258 Å². The first-order valence-corrected chi connectivity index (χ1v) is 15.8. The maximum Gasteiger partial charge on any atom is 0.196 e. The van der Waals surface area contributed by atoms with Gasteiger partial charge in [0, 0.05) is 55.8 Å². The number of aromatic nitrogens is 3. The molecule has 0 amide bonds. The molecule has 3 heterocycles. The molecular formula is C35H41ClN4O3. The molecule has 7 nitrogen and oxygen atoms in total. The zero-order valence-electron chi connectivity index (χ0n) is 25.6. The molecule has 0 bridgehead atoms. The summed E-state index contributed by atoms with van der Waals surface area (Å²) >= 11 is 7.09. The second-order valence-corrected chi connectivity index (χ2v) is 11.9. The molecule has 0 saturated heterocycles. The van der Waals surface area contributed by atoms with E-state index in [4.69, 9.17) is 26.2 Å². The highest BCUT2D eigenvalue weighted by Gasteiger charge is 2.29. The van der Waals surface area contributed by atoms with Crippen molar-refractivity contribution in [2.24, 2.45) is 7.05 Å². The Morgan fingerprint density at radius 2 is 1.74 bits per heavy atom. The first kappa shape index (κ1) is 29.5. The molecule has 1 atom stereocenters. The summed E-state index contributed by atoms with van der Waals surface area (Å²) in [7, 11) is 4.10. The number of aliphatic hydroxyl groups is 1. The van der Waals surface area contributed by atoms with E-state index in [1.807, 2.05) is 49.0 Å². The van der Waals surface area contributed by atoms with Gasteiger partial charge in [-0.1, -0.05) is 54.1 Å². The molecule has 3 aromatic carbocycles. The standard InChI is InChI=1S/C35H41ClN4O3/c1-5-42-35(41)33-26(16-12-22-43-29-17-11-14-24-13-7-8-15-25(24)29)27-18-19-28(36)31-30-23(2)39(4)37-34(30)38(3)20-9-6-10-21-40(33)32(27)31/h7-8,11,13-15,17-19,35,41H,5-6,9-10,12,16,20-22H2,1-4H3. The van der Waals surface area contributed by atoms with E-state index < -0.39 is 6.29 Å². The van der Waals surface area contributed by atoms with Gasteiger partial charge in [0.05, 0.1) is 28.4 Å². The highest BCUT2D eigenvalue weighted by atomic mass is 35.5. The molecule has 1 aliphatic rings. The van der Waals surface area contributed by atoms with Crippen LogP contribution in [0.1, 0.15) is 55.8 Å². The van der Waals surface area contributed by atoms with Crippen LogP contribution in [0.4, 0.5) is 5.82 Å². The van der Waals surface area contributed by atoms with Crippen molar-refractivity contribution in [3.05, 3.63) is 76.6 Å². The van der Waals surface area contributed by atoms with Crippen LogP contribution in [0.5, 0.6) is 5.75 Å². The number of aryl methyl sites for hydroxylation is 3. The molecule has 0 aliphatic carbocycles. The van der Waals surface area contributed by atoms with Crippen molar-refractivity contribution < 1.29 is 14.6 Å². The molecule has 6 rings (SSSR count). The predicted molar refractivity (Wildman–Crippen MR) is 175 cm³/mol. The Kier molecular flexibility index (Phi) is 8.66. The SMILES string of the molecule is CCOC(O)c1c(CCCOc2cccc3ccccc23)c2ccc(Cl)c3c2n1CCCCCN(C)c1nn(C)c(C)c1-3. The van der Waals surface area contributed by atoms with E-state index >= 15 is 0 Å². The third-order valence-electron chi connectivity index (χ3n) is 8.76. The number of hydrogen-bond acceptors (Lipinski definition) is 5. The van der Waals surface area contributed by atoms with E-state index in [1.54, 1.807) is 0 Å². The Morgan fingerprint density at radius 1 is 0.953 bits per heavy atom. The molecule has 0 fully saturated rings. The highest BCUT2D eigenvalue weighted by Crippen LogP contribution is 2.45. The van der Waals surface area contributed by atoms with Crippen LogP contribution in [-0.2, 0) is 24.8 Å². The lowest BCUT2D eigenvalue weighted by Gasteiger charge is -2.19. The number of halogens is 1. The van der Waals surface area contributed by atoms with E-state index in [1.165, 1.54) is 5.39 Å². The summed E-state index contributed by atoms with van der Waals surface area (Å²) in [5.74, 6) is 1.82. The smallest absolute Gasteiger partial charge is 0.196 e. The largest absolute Gasteiger partial charge is 0.493 e. The van der Waals surface area contributed by atoms with Gasteiger partial charge in [-0.2, -0.15) is 5.10 Å². The van der Waals surface area contributed by atoms with Crippen LogP contribution in [0, 0.1) is 6.92 Å². The van der Waals surface area contributed by atoms with Gasteiger partial charge in [0.25, 0.3) is 0 Å². The van der Waals surface area contributed by atoms with Crippen molar-refractivity contribution in [2.45, 2.75) is 58.8 Å². The third-order valence-corrected chi connectivity index (χ3v) is 9.08. The van der Waals surface area contributed by atoms with Crippen molar-refractivity contribution in [3.63, 3.8) is 0 Å². The molecule has 1 N–H and O–H groups in total. The lowest BCUT2D eigenvalue weighted by molar-refractivity contribution is -0.103. The van der Waals surface area contributed by atoms with E-state index in [0.29, 0.717) is 18.2 Å². The molecule has 2 aromatic heterocycles. The number of aliphatic hydroxyl groups excluding tert-OH is 1. The zero-order chi connectivity index (χ0) is 30.1. The normalized spacial score (nSPS) is 14.6. The van der Waals surface area contributed by atoms with E-state index in [-0.39, 0.29) is 0 Å². The topological polar surface area (TPSA) is 64.7 Å². The maximum absolute atomic E-state index is 11.5. The van der Waals surface area contributed by atoms with Gasteiger partial charge in [-0.05, 0) is 69.0 Å². The van der Waals surface area contributed by atoms with Crippen LogP contribution in [-0.4, -0.2) is 46.3 Å². The summed E-state index contributed by atoms with van der Waals surface area (Å²) in [6, 6.07) is 18.6. The minimum Gasteiger partial charge on any atom is -0.493 e. The first-order valence-electron chi connectivity index (χ1n) is 15.4. The number of fused-ring (bicyclic) bond motifs is 3. The van der Waals surface area contributed by atoms with Crippen molar-refractivity contribution in [1.82, 2.24) is 14.3 Å². The van der Waals surface area contributed by atoms with Crippen LogP contribution < -0.4 is 9.64 Å². The summed E-state index contributed by atoms with van der Waals surface area (Å²) in [4.78, 5) is 2.25. The average molecular weight is 601 g/mol. The van der Waals surface area contributed by atoms with Gasteiger partial charge in [-0.15, -0.1) is 0 Å². The number of ether oxygens (including phenoxy) is 2. The lowest BCUT2D eigenvalue weighted by atomic mass is 9.99. The molecule has 0 spiro atoms. The monoisotopic (exact) mass is 600 g/mol. The van der Waals surface area contributed by atoms with Gasteiger partial charge >= 0.3 is 0 Å². The highest BCUT2D eigenvalue weighted by molar-refractivity contribution is 6.35. The number of nitrogens with zero attached hydrogens (tertiary/aromatic N) is 4. The van der Waals surface area contributed by atoms with Gasteiger partial charge in [0.15, 0.2) is 12.1 Å². The summed E-state index contributed by atoms with van der Waals surface area (Å²) in [5, 5.41) is 20.4. The summed E-state index contributed by atoms with van der Waals surface area (Å²) in [6.45, 7) is 6.68. The molecular weight excluding hydrogens is 560 g/mol. The third kappa shape index (κ3) is 5.50. The second-order valence-electron chi connectivity index (χ2n) is 11.5. The first-order chi connectivity index (χ1) is 20.9. The van der Waals surface area contributed by atoms with Gasteiger partial charge < -0.3 is 24.0 Å². The maximum atomic E-state index is 11.5. The summed E-state index contributed by atoms with van der Waals surface area (Å²) < 4.78 is 16.4. The van der Waals surface area contributed by atoms with Crippen LogP contribution in [0.25, 0.3) is 32.8 Å². The summed E-state index contributed by atoms with van der Waals surface area (Å²) in [5.41, 5.74) is 6.02. The van der Waals surface area contributed by atoms with Gasteiger partial charge in [-0.25, -0.2) is 0 Å². The van der Waals surface area contributed by atoms with E-state index in [9.17, 15) is 5.11 Å². The number of anilines is 1. The Hall–Kier alpha value is -3.52. The van der Waals surface area contributed by atoms with Crippen LogP contribution in [0.15, 0.2) is 54.6 Å². The second kappa shape index (κ2) is 12.6. The molecule has 5 aromatic rings. The van der Waals surface area contributed by atoms with Crippen molar-refractivity contribution in [2.75, 3.05) is 31.7 Å². The number of benzene rings is 3. The average Bonchev–Trinajstić information content (AvgIpc) is 3.47. The molecule has 1 aliphatic heterocycles. The van der Waals surface area contributed by atoms with Crippen molar-refractivity contribution in [3.8, 4) is 16.9 Å².